The number of methoxy groups -OCH3 is 1. The third kappa shape index (κ3) is 3.36. The van der Waals surface area contributed by atoms with Crippen molar-refractivity contribution in [3.8, 4) is 0 Å². The van der Waals surface area contributed by atoms with Gasteiger partial charge in [0.05, 0.1) is 13.5 Å². The van der Waals surface area contributed by atoms with Crippen molar-refractivity contribution in [3.63, 3.8) is 0 Å². The predicted molar refractivity (Wildman–Crippen MR) is 57.0 cm³/mol. The fourth-order valence-corrected chi connectivity index (χ4v) is 1.36. The van der Waals surface area contributed by atoms with Crippen LogP contribution in [0.2, 0.25) is 0 Å². The van der Waals surface area contributed by atoms with Crippen molar-refractivity contribution < 1.29 is 14.3 Å². The average molecular weight is 227 g/mol. The number of rotatable bonds is 4. The van der Waals surface area contributed by atoms with E-state index >= 15 is 0 Å². The lowest BCUT2D eigenvalue weighted by Gasteiger charge is -2.06. The fraction of sp³-hybridized carbons (Fsp3) is 0.273. The summed E-state index contributed by atoms with van der Waals surface area (Å²) < 4.78 is 4.43. The van der Waals surface area contributed by atoms with E-state index in [4.69, 9.17) is 11.6 Å². The maximum absolute atomic E-state index is 11.7. The van der Waals surface area contributed by atoms with Crippen LogP contribution in [0.4, 0.5) is 0 Å². The number of ether oxygens (including phenoxy) is 1. The van der Waals surface area contributed by atoms with Crippen LogP contribution in [0.1, 0.15) is 16.8 Å². The van der Waals surface area contributed by atoms with E-state index in [9.17, 15) is 9.59 Å². The number of alkyl halides is 1. The minimum absolute atomic E-state index is 0.105. The second kappa shape index (κ2) is 5.51. The molecule has 0 aromatic heterocycles. The largest absolute Gasteiger partial charge is 0.469 e. The Labute approximate surface area is 93.0 Å². The van der Waals surface area contributed by atoms with Gasteiger partial charge in [0.1, 0.15) is 5.38 Å². The molecule has 0 bridgehead atoms. The molecule has 0 heterocycles. The maximum Gasteiger partial charge on any atom is 0.307 e. The molecule has 15 heavy (non-hydrogen) atoms. The predicted octanol–water partition coefficient (Wildman–Crippen LogP) is 2.04. The van der Waals surface area contributed by atoms with Crippen molar-refractivity contribution >= 4 is 23.4 Å². The van der Waals surface area contributed by atoms with E-state index in [0.29, 0.717) is 5.56 Å². The van der Waals surface area contributed by atoms with Crippen LogP contribution < -0.4 is 0 Å². The third-order valence-electron chi connectivity index (χ3n) is 1.92. The van der Waals surface area contributed by atoms with Gasteiger partial charge in [-0.25, -0.2) is 0 Å². The van der Waals surface area contributed by atoms with Gasteiger partial charge in [-0.15, -0.1) is 11.6 Å². The molecule has 1 rings (SSSR count). The second-order valence-electron chi connectivity index (χ2n) is 2.98. The molecule has 0 amide bonds. The molecular formula is C11H11ClO3. The highest BCUT2D eigenvalue weighted by Gasteiger charge is 2.20. The van der Waals surface area contributed by atoms with Crippen LogP contribution in [0.15, 0.2) is 30.3 Å². The number of hydrogen-bond donors (Lipinski definition) is 0. The lowest BCUT2D eigenvalue weighted by atomic mass is 10.1. The number of carbonyl (C=O) groups is 2. The molecule has 0 aliphatic carbocycles. The first-order chi connectivity index (χ1) is 7.15. The Morgan fingerprint density at radius 2 is 1.93 bits per heavy atom. The Balaban J connectivity index is 2.65. The van der Waals surface area contributed by atoms with E-state index in [2.05, 4.69) is 4.74 Å². The zero-order valence-corrected chi connectivity index (χ0v) is 9.03. The van der Waals surface area contributed by atoms with E-state index in [1.165, 1.54) is 7.11 Å². The second-order valence-corrected chi connectivity index (χ2v) is 3.50. The van der Waals surface area contributed by atoms with Crippen LogP contribution in [0.25, 0.3) is 0 Å². The molecule has 1 unspecified atom stereocenters. The number of esters is 1. The molecule has 0 spiro atoms. The van der Waals surface area contributed by atoms with Crippen LogP contribution in [0, 0.1) is 0 Å². The van der Waals surface area contributed by atoms with E-state index in [-0.39, 0.29) is 12.2 Å². The quantitative estimate of drug-likeness (QED) is 0.448. The molecule has 3 nitrogen and oxygen atoms in total. The molecule has 1 aromatic carbocycles. The molecule has 0 saturated heterocycles. The van der Waals surface area contributed by atoms with Gasteiger partial charge in [-0.2, -0.15) is 0 Å². The van der Waals surface area contributed by atoms with E-state index in [0.717, 1.165) is 0 Å². The maximum atomic E-state index is 11.7. The Hall–Kier alpha value is -1.35. The van der Waals surface area contributed by atoms with Crippen molar-refractivity contribution in [2.24, 2.45) is 0 Å². The standard InChI is InChI=1S/C11H11ClO3/c1-15-10(13)7-9(12)11(14)8-5-3-2-4-6-8/h2-6,9H,7H2,1H3. The van der Waals surface area contributed by atoms with Gasteiger partial charge in [-0.3, -0.25) is 9.59 Å². The van der Waals surface area contributed by atoms with E-state index in [1.807, 2.05) is 0 Å². The first-order valence-corrected chi connectivity index (χ1v) is 4.89. The van der Waals surface area contributed by atoms with Crippen LogP contribution in [-0.2, 0) is 9.53 Å². The van der Waals surface area contributed by atoms with Crippen molar-refractivity contribution in [1.82, 2.24) is 0 Å². The molecule has 0 saturated carbocycles. The summed E-state index contributed by atoms with van der Waals surface area (Å²) in [6, 6.07) is 8.62. The lowest BCUT2D eigenvalue weighted by Crippen LogP contribution is -2.19. The monoisotopic (exact) mass is 226 g/mol. The molecule has 1 aromatic rings. The Morgan fingerprint density at radius 1 is 1.33 bits per heavy atom. The topological polar surface area (TPSA) is 43.4 Å². The summed E-state index contributed by atoms with van der Waals surface area (Å²) in [6.45, 7) is 0. The van der Waals surface area contributed by atoms with E-state index < -0.39 is 11.3 Å². The van der Waals surface area contributed by atoms with Crippen molar-refractivity contribution in [2.75, 3.05) is 7.11 Å². The first kappa shape index (κ1) is 11.7. The van der Waals surface area contributed by atoms with Crippen molar-refractivity contribution in [1.29, 1.82) is 0 Å². The highest BCUT2D eigenvalue weighted by atomic mass is 35.5. The summed E-state index contributed by atoms with van der Waals surface area (Å²) in [5, 5.41) is -0.861. The minimum Gasteiger partial charge on any atom is -0.469 e. The van der Waals surface area contributed by atoms with Crippen molar-refractivity contribution in [2.45, 2.75) is 11.8 Å². The summed E-state index contributed by atoms with van der Waals surface area (Å²) in [5.74, 6) is -0.748. The lowest BCUT2D eigenvalue weighted by molar-refractivity contribution is -0.140. The van der Waals surface area contributed by atoms with Crippen LogP contribution in [0.3, 0.4) is 0 Å². The number of ketones is 1. The molecule has 0 aliphatic heterocycles. The number of carbonyl (C=O) groups excluding carboxylic acids is 2. The number of hydrogen-bond acceptors (Lipinski definition) is 3. The van der Waals surface area contributed by atoms with Crippen LogP contribution >= 0.6 is 11.6 Å². The summed E-state index contributed by atoms with van der Waals surface area (Å²) >= 11 is 5.79. The van der Waals surface area contributed by atoms with E-state index in [1.54, 1.807) is 30.3 Å². The average Bonchev–Trinajstić information content (AvgIpc) is 2.29. The molecule has 0 N–H and O–H groups in total. The van der Waals surface area contributed by atoms with Gasteiger partial charge in [-0.05, 0) is 0 Å². The summed E-state index contributed by atoms with van der Waals surface area (Å²) in [6.07, 6.45) is -0.105. The number of halogens is 1. The number of benzene rings is 1. The molecule has 80 valence electrons. The SMILES string of the molecule is COC(=O)CC(Cl)C(=O)c1ccccc1. The van der Waals surface area contributed by atoms with Crippen molar-refractivity contribution in [3.05, 3.63) is 35.9 Å². The molecule has 4 heteroatoms. The molecule has 0 fully saturated rings. The van der Waals surface area contributed by atoms with Crippen LogP contribution in [0.5, 0.6) is 0 Å². The first-order valence-electron chi connectivity index (χ1n) is 4.45. The highest BCUT2D eigenvalue weighted by molar-refractivity contribution is 6.34. The zero-order chi connectivity index (χ0) is 11.3. The van der Waals surface area contributed by atoms with Gasteiger partial charge >= 0.3 is 5.97 Å². The highest BCUT2D eigenvalue weighted by Crippen LogP contribution is 2.12. The van der Waals surface area contributed by atoms with Gasteiger partial charge in [0.2, 0.25) is 0 Å². The third-order valence-corrected chi connectivity index (χ3v) is 2.27. The zero-order valence-electron chi connectivity index (χ0n) is 8.27. The Bertz CT molecular complexity index is 348. The van der Waals surface area contributed by atoms with Gasteiger partial charge < -0.3 is 4.74 Å². The summed E-state index contributed by atoms with van der Waals surface area (Å²) in [7, 11) is 1.26. The minimum atomic E-state index is -0.861. The Kier molecular flexibility index (Phi) is 4.31. The molecule has 0 radical (unpaired) electrons. The molecule has 1 atom stereocenters. The number of Topliss-reactive ketones (excluding diaryl/α,β-unsaturated/α-hetero) is 1. The van der Waals surface area contributed by atoms with Gasteiger partial charge in [0.25, 0.3) is 0 Å². The Morgan fingerprint density at radius 3 is 2.47 bits per heavy atom. The van der Waals surface area contributed by atoms with Gasteiger partial charge in [0.15, 0.2) is 5.78 Å². The van der Waals surface area contributed by atoms with Gasteiger partial charge in [0, 0.05) is 5.56 Å². The summed E-state index contributed by atoms with van der Waals surface area (Å²) in [4.78, 5) is 22.6. The fourth-order valence-electron chi connectivity index (χ4n) is 1.11. The normalized spacial score (nSPS) is 11.9. The van der Waals surface area contributed by atoms with Gasteiger partial charge in [-0.1, -0.05) is 30.3 Å². The molecule has 0 aliphatic rings. The molecular weight excluding hydrogens is 216 g/mol. The van der Waals surface area contributed by atoms with Crippen LogP contribution in [-0.4, -0.2) is 24.2 Å². The summed E-state index contributed by atoms with van der Waals surface area (Å²) in [5.41, 5.74) is 0.501. The smallest absolute Gasteiger partial charge is 0.307 e.